The molecule has 10 nitrogen and oxygen atoms in total. The summed E-state index contributed by atoms with van der Waals surface area (Å²) in [6.07, 6.45) is -0.0947. The van der Waals surface area contributed by atoms with Crippen LogP contribution in [0.15, 0.2) is 47.4 Å². The molecule has 10 heteroatoms. The molecule has 4 atom stereocenters. The summed E-state index contributed by atoms with van der Waals surface area (Å²) in [5.41, 5.74) is -1.35. The van der Waals surface area contributed by atoms with Gasteiger partial charge in [0, 0.05) is 31.5 Å². The lowest BCUT2D eigenvalue weighted by molar-refractivity contribution is -0.222. The Kier molecular flexibility index (Phi) is 5.86. The molecule has 1 aliphatic carbocycles. The molecule has 0 spiro atoms. The number of hydrogen-bond acceptors (Lipinski definition) is 8. The predicted molar refractivity (Wildman–Crippen MR) is 107 cm³/mol. The molecular weight excluding hydrogens is 406 g/mol. The lowest BCUT2D eigenvalue weighted by atomic mass is 9.91. The summed E-state index contributed by atoms with van der Waals surface area (Å²) in [6.45, 7) is 1.43. The number of aliphatic hydroxyl groups is 1. The van der Waals surface area contributed by atoms with Gasteiger partial charge in [0.25, 0.3) is 5.91 Å². The summed E-state index contributed by atoms with van der Waals surface area (Å²) in [4.78, 5) is 40.0. The number of benzene rings is 1. The Labute approximate surface area is 177 Å². The van der Waals surface area contributed by atoms with Gasteiger partial charge in [0.2, 0.25) is 0 Å². The van der Waals surface area contributed by atoms with E-state index in [1.165, 1.54) is 23.8 Å². The van der Waals surface area contributed by atoms with Gasteiger partial charge in [-0.25, -0.2) is 4.79 Å². The third-order valence-electron chi connectivity index (χ3n) is 5.60. The summed E-state index contributed by atoms with van der Waals surface area (Å²) in [6, 6.07) is 10.0. The number of carbonyl (C=O) groups is 2. The first-order chi connectivity index (χ1) is 14.9. The number of esters is 1. The van der Waals surface area contributed by atoms with Crippen LogP contribution in [0.2, 0.25) is 0 Å². The van der Waals surface area contributed by atoms with Crippen molar-refractivity contribution in [1.82, 2.24) is 9.55 Å². The second-order valence-electron chi connectivity index (χ2n) is 7.55. The highest BCUT2D eigenvalue weighted by atomic mass is 16.6. The first-order valence-electron chi connectivity index (χ1n) is 9.94. The van der Waals surface area contributed by atoms with Crippen molar-refractivity contribution in [2.24, 2.45) is 0 Å². The maximum Gasteiger partial charge on any atom is 0.351 e. The molecule has 1 amide bonds. The summed E-state index contributed by atoms with van der Waals surface area (Å²) in [5.74, 6) is -0.755. The number of rotatable bonds is 6. The molecule has 2 fully saturated rings. The number of nitrogens with one attached hydrogen (secondary N) is 1. The molecule has 2 bridgehead atoms. The molecule has 164 valence electrons. The van der Waals surface area contributed by atoms with Gasteiger partial charge in [0.15, 0.2) is 0 Å². The Hall–Kier alpha value is -3.08. The SMILES string of the molecule is CC(=O)O[C@@H]1C[C@@H]2OCC[C@]1(OCn1ccc(NC(=O)c3ccccc3)nc1=O)[C@@H]2O. The number of ether oxygens (including phenoxy) is 3. The minimum absolute atomic E-state index is 0.109. The van der Waals surface area contributed by atoms with Gasteiger partial charge < -0.3 is 24.6 Å². The van der Waals surface area contributed by atoms with Crippen LogP contribution in [-0.4, -0.2) is 57.1 Å². The van der Waals surface area contributed by atoms with Crippen LogP contribution in [0, 0.1) is 0 Å². The molecule has 31 heavy (non-hydrogen) atoms. The summed E-state index contributed by atoms with van der Waals surface area (Å²) in [5, 5.41) is 13.2. The van der Waals surface area contributed by atoms with Crippen molar-refractivity contribution in [1.29, 1.82) is 0 Å². The zero-order valence-electron chi connectivity index (χ0n) is 16.9. The van der Waals surface area contributed by atoms with E-state index in [0.717, 1.165) is 0 Å². The molecular formula is C21H23N3O7. The molecule has 2 aromatic rings. The van der Waals surface area contributed by atoms with Crippen molar-refractivity contribution in [3.8, 4) is 0 Å². The highest BCUT2D eigenvalue weighted by molar-refractivity contribution is 6.03. The normalized spacial score (nSPS) is 27.0. The van der Waals surface area contributed by atoms with Gasteiger partial charge >= 0.3 is 11.7 Å². The van der Waals surface area contributed by atoms with E-state index in [0.29, 0.717) is 25.0 Å². The fourth-order valence-corrected chi connectivity index (χ4v) is 4.05. The Morgan fingerprint density at radius 2 is 2.10 bits per heavy atom. The molecule has 1 aromatic heterocycles. The van der Waals surface area contributed by atoms with Crippen LogP contribution in [0.5, 0.6) is 0 Å². The van der Waals surface area contributed by atoms with Crippen LogP contribution in [0.4, 0.5) is 5.82 Å². The van der Waals surface area contributed by atoms with Crippen molar-refractivity contribution in [3.63, 3.8) is 0 Å². The number of fused-ring (bicyclic) bond motifs is 2. The number of carbonyl (C=O) groups excluding carboxylic acids is 2. The molecule has 0 unspecified atom stereocenters. The number of anilines is 1. The zero-order chi connectivity index (χ0) is 22.0. The van der Waals surface area contributed by atoms with Gasteiger partial charge in [-0.05, 0) is 18.2 Å². The lowest BCUT2D eigenvalue weighted by Crippen LogP contribution is -2.55. The minimum atomic E-state index is -1.16. The molecule has 4 rings (SSSR count). The first-order valence-corrected chi connectivity index (χ1v) is 9.94. The maximum atomic E-state index is 12.4. The number of amides is 1. The van der Waals surface area contributed by atoms with Crippen molar-refractivity contribution < 1.29 is 28.9 Å². The second kappa shape index (κ2) is 8.58. The van der Waals surface area contributed by atoms with Crippen molar-refractivity contribution in [2.75, 3.05) is 11.9 Å². The molecule has 2 N–H and O–H groups in total. The number of aliphatic hydroxyl groups excluding tert-OH is 1. The number of aromatic nitrogens is 2. The Balaban J connectivity index is 1.46. The molecule has 1 saturated carbocycles. The van der Waals surface area contributed by atoms with E-state index >= 15 is 0 Å². The summed E-state index contributed by atoms with van der Waals surface area (Å²) >= 11 is 0. The van der Waals surface area contributed by atoms with Crippen LogP contribution in [0.3, 0.4) is 0 Å². The third-order valence-corrected chi connectivity index (χ3v) is 5.60. The quantitative estimate of drug-likeness (QED) is 0.642. The number of hydrogen-bond donors (Lipinski definition) is 2. The van der Waals surface area contributed by atoms with E-state index in [4.69, 9.17) is 14.2 Å². The third kappa shape index (κ3) is 4.22. The van der Waals surface area contributed by atoms with Gasteiger partial charge in [-0.15, -0.1) is 0 Å². The van der Waals surface area contributed by atoms with E-state index in [1.807, 2.05) is 0 Å². The molecule has 2 aliphatic rings. The topological polar surface area (TPSA) is 129 Å². The smallest absolute Gasteiger partial charge is 0.351 e. The fraction of sp³-hybridized carbons (Fsp3) is 0.429. The fourth-order valence-electron chi connectivity index (χ4n) is 4.05. The first kappa shape index (κ1) is 21.2. The second-order valence-corrected chi connectivity index (χ2v) is 7.55. The van der Waals surface area contributed by atoms with Gasteiger partial charge in [-0.2, -0.15) is 4.98 Å². The summed E-state index contributed by atoms with van der Waals surface area (Å²) < 4.78 is 18.1. The standard InChI is InChI=1S/C21H23N3O7/c1-13(25)31-16-11-15-18(26)21(16,8-10-29-15)30-12-24-9-7-17(23-20(24)28)22-19(27)14-5-3-2-4-6-14/h2-7,9,15-16,18,26H,8,10-12H2,1H3,(H,22,23,27,28)/t15-,16+,18+,21+/m0/s1. The van der Waals surface area contributed by atoms with E-state index < -0.39 is 35.6 Å². The van der Waals surface area contributed by atoms with Gasteiger partial charge in [-0.3, -0.25) is 14.2 Å². The van der Waals surface area contributed by atoms with Gasteiger partial charge in [0.1, 0.15) is 30.4 Å². The van der Waals surface area contributed by atoms with Crippen LogP contribution in [0.1, 0.15) is 30.1 Å². The van der Waals surface area contributed by atoms with Crippen LogP contribution >= 0.6 is 0 Å². The molecule has 1 aromatic carbocycles. The minimum Gasteiger partial charge on any atom is -0.459 e. The van der Waals surface area contributed by atoms with Crippen LogP contribution in [0.25, 0.3) is 0 Å². The molecule has 1 saturated heterocycles. The molecule has 2 heterocycles. The van der Waals surface area contributed by atoms with E-state index in [9.17, 15) is 19.5 Å². The highest BCUT2D eigenvalue weighted by Crippen LogP contribution is 2.44. The zero-order valence-corrected chi connectivity index (χ0v) is 16.9. The monoisotopic (exact) mass is 429 g/mol. The van der Waals surface area contributed by atoms with Crippen LogP contribution in [-0.2, 0) is 25.7 Å². The molecule has 1 aliphatic heterocycles. The Bertz CT molecular complexity index is 1030. The van der Waals surface area contributed by atoms with Crippen LogP contribution < -0.4 is 11.0 Å². The Morgan fingerprint density at radius 3 is 2.81 bits per heavy atom. The largest absolute Gasteiger partial charge is 0.459 e. The highest BCUT2D eigenvalue weighted by Gasteiger charge is 2.60. The van der Waals surface area contributed by atoms with E-state index in [1.54, 1.807) is 30.3 Å². The Morgan fingerprint density at radius 1 is 1.32 bits per heavy atom. The molecule has 0 radical (unpaired) electrons. The van der Waals surface area contributed by atoms with Crippen molar-refractivity contribution in [2.45, 2.75) is 50.4 Å². The van der Waals surface area contributed by atoms with E-state index in [-0.39, 0.29) is 18.5 Å². The maximum absolute atomic E-state index is 12.4. The van der Waals surface area contributed by atoms with Gasteiger partial charge in [-0.1, -0.05) is 18.2 Å². The average Bonchev–Trinajstić information content (AvgIpc) is 2.88. The van der Waals surface area contributed by atoms with E-state index in [2.05, 4.69) is 10.3 Å². The average molecular weight is 429 g/mol. The number of nitrogens with zero attached hydrogens (tertiary/aromatic N) is 2. The predicted octanol–water partition coefficient (Wildman–Crippen LogP) is 0.694. The van der Waals surface area contributed by atoms with Crippen molar-refractivity contribution >= 4 is 17.7 Å². The van der Waals surface area contributed by atoms with Gasteiger partial charge in [0.05, 0.1) is 12.7 Å². The summed E-state index contributed by atoms with van der Waals surface area (Å²) in [7, 11) is 0. The lowest BCUT2D eigenvalue weighted by Gasteiger charge is -2.40. The van der Waals surface area contributed by atoms with Crippen molar-refractivity contribution in [3.05, 3.63) is 58.6 Å².